The molecular formula is C17H23N3O3S. The lowest BCUT2D eigenvalue weighted by atomic mass is 9.92. The van der Waals surface area contributed by atoms with Crippen LogP contribution in [0, 0.1) is 0 Å². The first-order valence-corrected chi connectivity index (χ1v) is 9.15. The third-order valence-electron chi connectivity index (χ3n) is 4.71. The standard InChI is InChI=1S/C17H23N3O3S/c1-4-12-13(17(21)22)14-15(18-9-19-16(14)24-12)23-11-7-5-10(6-8-11)20(2)3/h9-11H,4-8H2,1-3H3,(H,21,22)/t10-,11-. The number of hydrogen-bond donors (Lipinski definition) is 1. The summed E-state index contributed by atoms with van der Waals surface area (Å²) in [6, 6.07) is 0.595. The maximum atomic E-state index is 11.7. The number of nitrogens with zero attached hydrogens (tertiary/aromatic N) is 3. The fourth-order valence-corrected chi connectivity index (χ4v) is 4.42. The van der Waals surface area contributed by atoms with Gasteiger partial charge in [0.1, 0.15) is 17.3 Å². The Kier molecular flexibility index (Phi) is 5.01. The van der Waals surface area contributed by atoms with Crippen LogP contribution in [-0.4, -0.2) is 52.2 Å². The van der Waals surface area contributed by atoms with Crippen LogP contribution in [0.5, 0.6) is 5.88 Å². The fourth-order valence-electron chi connectivity index (χ4n) is 3.35. The minimum atomic E-state index is -0.936. The second-order valence-corrected chi connectivity index (χ2v) is 7.51. The number of carboxylic acids is 1. The molecule has 130 valence electrons. The lowest BCUT2D eigenvalue weighted by Gasteiger charge is -2.32. The first kappa shape index (κ1) is 17.1. The summed E-state index contributed by atoms with van der Waals surface area (Å²) >= 11 is 1.41. The molecule has 2 aromatic heterocycles. The Labute approximate surface area is 145 Å². The highest BCUT2D eigenvalue weighted by Gasteiger charge is 2.27. The highest BCUT2D eigenvalue weighted by Crippen LogP contribution is 2.36. The Bertz CT molecular complexity index is 736. The highest BCUT2D eigenvalue weighted by molar-refractivity contribution is 7.19. The fraction of sp³-hybridized carbons (Fsp3) is 0.588. The van der Waals surface area contributed by atoms with Crippen LogP contribution in [0.3, 0.4) is 0 Å². The van der Waals surface area contributed by atoms with Crippen molar-refractivity contribution in [2.75, 3.05) is 14.1 Å². The summed E-state index contributed by atoms with van der Waals surface area (Å²) in [5.41, 5.74) is 0.301. The molecule has 0 radical (unpaired) electrons. The molecule has 3 rings (SSSR count). The average Bonchev–Trinajstić information content (AvgIpc) is 2.95. The third kappa shape index (κ3) is 3.23. The lowest BCUT2D eigenvalue weighted by molar-refractivity contribution is 0.0697. The molecule has 0 amide bonds. The molecule has 2 heterocycles. The van der Waals surface area contributed by atoms with Crippen LogP contribution in [-0.2, 0) is 6.42 Å². The van der Waals surface area contributed by atoms with Crippen LogP contribution < -0.4 is 4.74 Å². The zero-order valence-electron chi connectivity index (χ0n) is 14.3. The molecule has 0 aliphatic heterocycles. The van der Waals surface area contributed by atoms with Crippen molar-refractivity contribution in [1.29, 1.82) is 0 Å². The molecule has 1 N–H and O–H groups in total. The van der Waals surface area contributed by atoms with Crippen molar-refractivity contribution in [3.63, 3.8) is 0 Å². The Balaban J connectivity index is 1.88. The summed E-state index contributed by atoms with van der Waals surface area (Å²) in [6.07, 6.45) is 6.30. The minimum absolute atomic E-state index is 0.0888. The van der Waals surface area contributed by atoms with Crippen molar-refractivity contribution in [3.05, 3.63) is 16.8 Å². The summed E-state index contributed by atoms with van der Waals surface area (Å²) < 4.78 is 6.12. The van der Waals surface area contributed by atoms with E-state index >= 15 is 0 Å². The van der Waals surface area contributed by atoms with E-state index in [1.165, 1.54) is 17.7 Å². The van der Waals surface area contributed by atoms with Crippen molar-refractivity contribution < 1.29 is 14.6 Å². The molecule has 0 atom stereocenters. The van der Waals surface area contributed by atoms with Crippen LogP contribution in [0.15, 0.2) is 6.33 Å². The number of thiophene rings is 1. The van der Waals surface area contributed by atoms with Crippen LogP contribution >= 0.6 is 11.3 Å². The van der Waals surface area contributed by atoms with Gasteiger partial charge in [-0.15, -0.1) is 11.3 Å². The zero-order chi connectivity index (χ0) is 17.3. The van der Waals surface area contributed by atoms with Crippen molar-refractivity contribution in [2.24, 2.45) is 0 Å². The van der Waals surface area contributed by atoms with Crippen LogP contribution in [0.2, 0.25) is 0 Å². The molecule has 0 aromatic carbocycles. The molecule has 24 heavy (non-hydrogen) atoms. The largest absolute Gasteiger partial charge is 0.478 e. The monoisotopic (exact) mass is 349 g/mol. The van der Waals surface area contributed by atoms with Gasteiger partial charge in [-0.2, -0.15) is 0 Å². The SMILES string of the molecule is CCc1sc2ncnc(O[C@H]3CC[C@H](N(C)C)CC3)c2c1C(=O)O. The number of carboxylic acid groups (broad SMARTS) is 1. The highest BCUT2D eigenvalue weighted by atomic mass is 32.1. The number of aromatic nitrogens is 2. The molecule has 0 spiro atoms. The Morgan fingerprint density at radius 2 is 2.04 bits per heavy atom. The normalized spacial score (nSPS) is 21.3. The van der Waals surface area contributed by atoms with Crippen LogP contribution in [0.25, 0.3) is 10.2 Å². The smallest absolute Gasteiger partial charge is 0.337 e. The van der Waals surface area contributed by atoms with E-state index in [0.717, 1.165) is 30.6 Å². The van der Waals surface area contributed by atoms with Crippen LogP contribution in [0.1, 0.15) is 47.8 Å². The van der Waals surface area contributed by atoms with E-state index in [1.807, 2.05) is 6.92 Å². The van der Waals surface area contributed by atoms with Gasteiger partial charge in [0.25, 0.3) is 0 Å². The number of ether oxygens (including phenoxy) is 1. The van der Waals surface area contributed by atoms with Crippen molar-refractivity contribution in [3.8, 4) is 5.88 Å². The maximum absolute atomic E-state index is 11.7. The number of aryl methyl sites for hydroxylation is 1. The first-order valence-electron chi connectivity index (χ1n) is 8.34. The summed E-state index contributed by atoms with van der Waals surface area (Å²) in [5, 5.41) is 10.2. The van der Waals surface area contributed by atoms with Gasteiger partial charge in [0.2, 0.25) is 5.88 Å². The van der Waals surface area contributed by atoms with E-state index in [0.29, 0.717) is 34.1 Å². The molecule has 0 saturated heterocycles. The van der Waals surface area contributed by atoms with E-state index in [4.69, 9.17) is 4.74 Å². The molecule has 2 aromatic rings. The minimum Gasteiger partial charge on any atom is -0.478 e. The summed E-state index contributed by atoms with van der Waals surface area (Å²) in [4.78, 5) is 24.0. The lowest BCUT2D eigenvalue weighted by Crippen LogP contribution is -2.35. The quantitative estimate of drug-likeness (QED) is 0.893. The molecule has 1 aliphatic rings. The van der Waals surface area contributed by atoms with E-state index in [1.54, 1.807) is 0 Å². The molecule has 0 unspecified atom stereocenters. The number of aromatic carboxylic acids is 1. The molecule has 1 fully saturated rings. The summed E-state index contributed by atoms with van der Waals surface area (Å²) in [6.45, 7) is 1.95. The van der Waals surface area contributed by atoms with Crippen molar-refractivity contribution in [1.82, 2.24) is 14.9 Å². The number of rotatable bonds is 5. The van der Waals surface area contributed by atoms with E-state index in [2.05, 4.69) is 29.0 Å². The van der Waals surface area contributed by atoms with Gasteiger partial charge in [0, 0.05) is 10.9 Å². The predicted molar refractivity (Wildman–Crippen MR) is 94.1 cm³/mol. The molecule has 1 aliphatic carbocycles. The molecule has 7 heteroatoms. The average molecular weight is 349 g/mol. The van der Waals surface area contributed by atoms with Crippen molar-refractivity contribution >= 4 is 27.5 Å². The summed E-state index contributed by atoms with van der Waals surface area (Å²) in [7, 11) is 4.22. The maximum Gasteiger partial charge on any atom is 0.337 e. The Morgan fingerprint density at radius 1 is 1.33 bits per heavy atom. The van der Waals surface area contributed by atoms with Crippen LogP contribution in [0.4, 0.5) is 0 Å². The molecule has 1 saturated carbocycles. The van der Waals surface area contributed by atoms with E-state index in [9.17, 15) is 9.90 Å². The second-order valence-electron chi connectivity index (χ2n) is 6.43. The van der Waals surface area contributed by atoms with Gasteiger partial charge >= 0.3 is 5.97 Å². The van der Waals surface area contributed by atoms with Crippen molar-refractivity contribution in [2.45, 2.75) is 51.2 Å². The van der Waals surface area contributed by atoms with Gasteiger partial charge in [-0.1, -0.05) is 6.92 Å². The Hall–Kier alpha value is -1.73. The molecule has 6 nitrogen and oxygen atoms in total. The van der Waals surface area contributed by atoms with Gasteiger partial charge in [-0.3, -0.25) is 0 Å². The number of carbonyl (C=O) groups is 1. The first-order chi connectivity index (χ1) is 11.5. The topological polar surface area (TPSA) is 75.6 Å². The Morgan fingerprint density at radius 3 is 2.62 bits per heavy atom. The second kappa shape index (κ2) is 7.03. The molecular weight excluding hydrogens is 326 g/mol. The third-order valence-corrected chi connectivity index (χ3v) is 5.96. The van der Waals surface area contributed by atoms with Gasteiger partial charge in [0.15, 0.2) is 0 Å². The predicted octanol–water partition coefficient (Wildman–Crippen LogP) is 3.20. The van der Waals surface area contributed by atoms with E-state index < -0.39 is 5.97 Å². The van der Waals surface area contributed by atoms with E-state index in [-0.39, 0.29) is 6.10 Å². The number of fused-ring (bicyclic) bond motifs is 1. The van der Waals surface area contributed by atoms with Gasteiger partial charge in [-0.05, 0) is 46.2 Å². The molecule has 0 bridgehead atoms. The van der Waals surface area contributed by atoms with Gasteiger partial charge in [-0.25, -0.2) is 14.8 Å². The number of hydrogen-bond acceptors (Lipinski definition) is 6. The van der Waals surface area contributed by atoms with Gasteiger partial charge < -0.3 is 14.7 Å². The summed E-state index contributed by atoms with van der Waals surface area (Å²) in [5.74, 6) is -0.518. The van der Waals surface area contributed by atoms with Gasteiger partial charge in [0.05, 0.1) is 10.9 Å². The zero-order valence-corrected chi connectivity index (χ0v) is 15.1.